The molecule has 8 rings (SSSR count). The van der Waals surface area contributed by atoms with Crippen LogP contribution < -0.4 is 9.14 Å². The second-order valence-electron chi connectivity index (χ2n) is 11.3. The normalized spacial score (nSPS) is 11.2. The van der Waals surface area contributed by atoms with E-state index in [0.29, 0.717) is 10.2 Å². The molecule has 0 radical (unpaired) electrons. The molecule has 0 aliphatic heterocycles. The molecule has 47 heavy (non-hydrogen) atoms. The van der Waals surface area contributed by atoms with Gasteiger partial charge in [0, 0.05) is 53.9 Å². The van der Waals surface area contributed by atoms with Crippen molar-refractivity contribution in [2.75, 3.05) is 0 Å². The molecule has 0 fully saturated rings. The van der Waals surface area contributed by atoms with E-state index in [2.05, 4.69) is 152 Å². The van der Waals surface area contributed by atoms with Crippen molar-refractivity contribution < 1.29 is 14.7 Å². The van der Waals surface area contributed by atoms with Gasteiger partial charge >= 0.3 is 7.32 Å². The number of quaternary nitrogens is 1. The Hall–Kier alpha value is -5.72. The van der Waals surface area contributed by atoms with E-state index in [9.17, 15) is 0 Å². The molecule has 5 heteroatoms. The number of rotatable bonds is 6. The fourth-order valence-electron chi connectivity index (χ4n) is 6.48. The maximum absolute atomic E-state index is 9.14. The first kappa shape index (κ1) is 30.0. The van der Waals surface area contributed by atoms with Crippen molar-refractivity contribution in [3.8, 4) is 5.75 Å². The summed E-state index contributed by atoms with van der Waals surface area (Å²) in [6.07, 6.45) is 0. The topological polar surface area (TPSA) is 49.7 Å². The van der Waals surface area contributed by atoms with Crippen LogP contribution in [0.2, 0.25) is 0 Å². The van der Waals surface area contributed by atoms with Crippen molar-refractivity contribution in [1.82, 2.24) is 4.48 Å². The van der Waals surface area contributed by atoms with Crippen LogP contribution >= 0.6 is 0 Å². The molecule has 0 bridgehead atoms. The zero-order valence-electron chi connectivity index (χ0n) is 25.7. The quantitative estimate of drug-likeness (QED) is 0.0853. The first-order valence-corrected chi connectivity index (χ1v) is 15.6. The molecule has 0 atom stereocenters. The molecule has 0 saturated heterocycles. The summed E-state index contributed by atoms with van der Waals surface area (Å²) in [6, 6.07) is 64.8. The van der Waals surface area contributed by atoms with Crippen molar-refractivity contribution in [2.45, 2.75) is 0 Å². The first-order chi connectivity index (χ1) is 23.1. The van der Waals surface area contributed by atoms with Crippen LogP contribution in [0.4, 0.5) is 22.7 Å². The monoisotopic (exact) mass is 610 g/mol. The van der Waals surface area contributed by atoms with Gasteiger partial charge in [0.25, 0.3) is 0 Å². The molecule has 4 nitrogen and oxygen atoms in total. The Kier molecular flexibility index (Phi) is 8.50. The Morgan fingerprint density at radius 1 is 0.383 bits per heavy atom. The highest BCUT2D eigenvalue weighted by molar-refractivity contribution is 6.34. The third-order valence-corrected chi connectivity index (χ3v) is 8.49. The van der Waals surface area contributed by atoms with E-state index in [0.717, 1.165) is 26.9 Å². The van der Waals surface area contributed by atoms with E-state index in [1.165, 1.54) is 28.1 Å². The number of nitrogens with zero attached hydrogens (tertiary/aromatic N) is 1. The van der Waals surface area contributed by atoms with E-state index >= 15 is 0 Å². The standard InChI is InChI=1S/C24H20N.C18H13BO3/c1-5-13-21(14-6-1)25(22-15-7-2-8-16-22,23-17-9-3-10-18-23)24-19-11-4-12-20-24;20-19(21)22-17-7-3-6-12-8-9-15-10-13-4-1-2-5-14(13)11-16(15)18(12)17/h1-20H;1-11,20-21H/q+1;. The summed E-state index contributed by atoms with van der Waals surface area (Å²) < 4.78 is 5.72. The van der Waals surface area contributed by atoms with Crippen LogP contribution in [0.1, 0.15) is 0 Å². The largest absolute Gasteiger partial charge is 0.707 e. The summed E-state index contributed by atoms with van der Waals surface area (Å²) in [5.41, 5.74) is 4.86. The van der Waals surface area contributed by atoms with Crippen molar-refractivity contribution in [1.29, 1.82) is 0 Å². The molecular weight excluding hydrogens is 577 g/mol. The summed E-state index contributed by atoms with van der Waals surface area (Å²) in [7, 11) is -1.83. The molecule has 2 N–H and O–H groups in total. The average Bonchev–Trinajstić information content (AvgIpc) is 3.13. The molecule has 0 aliphatic rings. The van der Waals surface area contributed by atoms with Gasteiger partial charge in [-0.05, 0) is 45.1 Å². The maximum atomic E-state index is 9.14. The van der Waals surface area contributed by atoms with Crippen LogP contribution in [0, 0.1) is 0 Å². The van der Waals surface area contributed by atoms with E-state index < -0.39 is 7.32 Å². The molecule has 8 aromatic carbocycles. The Bertz CT molecular complexity index is 2080. The van der Waals surface area contributed by atoms with Crippen LogP contribution in [-0.4, -0.2) is 17.4 Å². The van der Waals surface area contributed by atoms with E-state index in [1.54, 1.807) is 6.07 Å². The van der Waals surface area contributed by atoms with Gasteiger partial charge in [-0.1, -0.05) is 121 Å². The smallest absolute Gasteiger partial charge is 0.511 e. The Labute approximate surface area is 274 Å². The minimum atomic E-state index is -1.83. The van der Waals surface area contributed by atoms with E-state index in [1.807, 2.05) is 30.3 Å². The molecule has 0 aliphatic carbocycles. The number of benzene rings is 8. The minimum absolute atomic E-state index is 0.466. The number of fused-ring (bicyclic) bond motifs is 4. The lowest BCUT2D eigenvalue weighted by molar-refractivity contribution is 0.289. The molecule has 0 saturated carbocycles. The number of para-hydroxylation sites is 4. The summed E-state index contributed by atoms with van der Waals surface area (Å²) in [4.78, 5) is 0. The summed E-state index contributed by atoms with van der Waals surface area (Å²) >= 11 is 0. The zero-order chi connectivity index (χ0) is 32.1. The molecule has 0 amide bonds. The lowest BCUT2D eigenvalue weighted by Gasteiger charge is -2.37. The molecule has 0 aromatic heterocycles. The molecule has 0 heterocycles. The first-order valence-electron chi connectivity index (χ1n) is 15.6. The third kappa shape index (κ3) is 5.87. The van der Waals surface area contributed by atoms with Crippen LogP contribution in [0.5, 0.6) is 5.75 Å². The Morgan fingerprint density at radius 2 is 0.787 bits per heavy atom. The van der Waals surface area contributed by atoms with E-state index in [-0.39, 0.29) is 0 Å². The number of hydrogen-bond donors (Lipinski definition) is 2. The van der Waals surface area contributed by atoms with Gasteiger partial charge in [0.2, 0.25) is 0 Å². The van der Waals surface area contributed by atoms with Crippen molar-refractivity contribution >= 4 is 62.4 Å². The highest BCUT2D eigenvalue weighted by atomic mass is 16.6. The SMILES string of the molecule is OB(O)Oc1cccc2ccc3cc4ccccc4cc3c12.c1ccc([N+](c2ccccc2)(c2ccccc2)c2ccccc2)cc1. The molecule has 8 aromatic rings. The number of hydrogen-bond acceptors (Lipinski definition) is 3. The van der Waals surface area contributed by atoms with Gasteiger partial charge in [-0.2, -0.15) is 4.48 Å². The van der Waals surface area contributed by atoms with Gasteiger partial charge in [-0.15, -0.1) is 0 Å². The van der Waals surface area contributed by atoms with Crippen molar-refractivity contribution in [3.63, 3.8) is 0 Å². The van der Waals surface area contributed by atoms with Gasteiger partial charge < -0.3 is 14.7 Å². The predicted molar refractivity (Wildman–Crippen MR) is 196 cm³/mol. The predicted octanol–water partition coefficient (Wildman–Crippen LogP) is 10.5. The maximum Gasteiger partial charge on any atom is 0.707 e. The Balaban J connectivity index is 0.000000151. The summed E-state index contributed by atoms with van der Waals surface area (Å²) in [5, 5.41) is 24.6. The fourth-order valence-corrected chi connectivity index (χ4v) is 6.48. The second kappa shape index (κ2) is 13.3. The van der Waals surface area contributed by atoms with Crippen molar-refractivity contribution in [2.24, 2.45) is 0 Å². The lowest BCUT2D eigenvalue weighted by Crippen LogP contribution is -2.33. The van der Waals surface area contributed by atoms with E-state index in [4.69, 9.17) is 14.7 Å². The van der Waals surface area contributed by atoms with Gasteiger partial charge in [0.15, 0.2) is 0 Å². The molecule has 226 valence electrons. The van der Waals surface area contributed by atoms with Gasteiger partial charge in [-0.3, -0.25) is 0 Å². The van der Waals surface area contributed by atoms with Crippen LogP contribution in [0.15, 0.2) is 188 Å². The van der Waals surface area contributed by atoms with Gasteiger partial charge in [-0.25, -0.2) is 0 Å². The van der Waals surface area contributed by atoms with Crippen LogP contribution in [-0.2, 0) is 0 Å². The van der Waals surface area contributed by atoms with Gasteiger partial charge in [0.1, 0.15) is 28.5 Å². The third-order valence-electron chi connectivity index (χ3n) is 8.49. The lowest BCUT2D eigenvalue weighted by atomic mass is 9.97. The summed E-state index contributed by atoms with van der Waals surface area (Å²) in [5.74, 6) is 0.466. The van der Waals surface area contributed by atoms with Crippen molar-refractivity contribution in [3.05, 3.63) is 188 Å². The highest BCUT2D eigenvalue weighted by Gasteiger charge is 2.38. The fraction of sp³-hybridized carbons (Fsp3) is 0. The van der Waals surface area contributed by atoms with Crippen LogP contribution in [0.3, 0.4) is 0 Å². The zero-order valence-corrected chi connectivity index (χ0v) is 25.7. The highest BCUT2D eigenvalue weighted by Crippen LogP contribution is 2.50. The van der Waals surface area contributed by atoms with Gasteiger partial charge in [0.05, 0.1) is 0 Å². The Morgan fingerprint density at radius 3 is 1.26 bits per heavy atom. The molecule has 0 spiro atoms. The molecule has 0 unspecified atom stereocenters. The second-order valence-corrected chi connectivity index (χ2v) is 11.3. The van der Waals surface area contributed by atoms with Crippen LogP contribution in [0.25, 0.3) is 32.3 Å². The average molecular weight is 611 g/mol. The minimum Gasteiger partial charge on any atom is -0.511 e. The summed E-state index contributed by atoms with van der Waals surface area (Å²) in [6.45, 7) is 0. The molecular formula is C42H33BNO3+.